The number of aromatic carboxylic acids is 1. The van der Waals surface area contributed by atoms with Gasteiger partial charge in [-0.05, 0) is 93.9 Å². The van der Waals surface area contributed by atoms with Gasteiger partial charge in [0.1, 0.15) is 5.60 Å². The van der Waals surface area contributed by atoms with Gasteiger partial charge in [-0.3, -0.25) is 4.79 Å². The van der Waals surface area contributed by atoms with E-state index in [4.69, 9.17) is 16.3 Å². The van der Waals surface area contributed by atoms with E-state index in [0.29, 0.717) is 15.5 Å². The SMILES string of the molecule is CC(C)n1c(Br)nc(C(=O)O)c1C(NC1CCC(C(=O)OC(C)(C)C)CC1)c1ccc(Cl)cc1. The van der Waals surface area contributed by atoms with Gasteiger partial charge in [0.25, 0.3) is 0 Å². The first kappa shape index (κ1) is 26.7. The third-order valence-electron chi connectivity index (χ3n) is 5.97. The predicted molar refractivity (Wildman–Crippen MR) is 135 cm³/mol. The summed E-state index contributed by atoms with van der Waals surface area (Å²) in [6.45, 7) is 9.62. The van der Waals surface area contributed by atoms with Gasteiger partial charge < -0.3 is 19.7 Å². The minimum absolute atomic E-state index is 0.00969. The first-order valence-corrected chi connectivity index (χ1v) is 12.8. The van der Waals surface area contributed by atoms with E-state index in [-0.39, 0.29) is 29.7 Å². The molecule has 1 saturated carbocycles. The summed E-state index contributed by atoms with van der Waals surface area (Å²) in [7, 11) is 0. The highest BCUT2D eigenvalue weighted by Gasteiger charge is 2.34. The van der Waals surface area contributed by atoms with Crippen molar-refractivity contribution in [1.29, 1.82) is 0 Å². The number of aromatic nitrogens is 2. The minimum atomic E-state index is -1.08. The zero-order chi connectivity index (χ0) is 25.2. The Morgan fingerprint density at radius 2 is 1.76 bits per heavy atom. The van der Waals surface area contributed by atoms with Crippen LogP contribution in [0.5, 0.6) is 0 Å². The summed E-state index contributed by atoms with van der Waals surface area (Å²) in [4.78, 5) is 29.0. The van der Waals surface area contributed by atoms with Gasteiger partial charge in [-0.2, -0.15) is 0 Å². The molecule has 3 rings (SSSR count). The number of halogens is 2. The number of esters is 1. The fraction of sp³-hybridized carbons (Fsp3) is 0.560. The van der Waals surface area contributed by atoms with Crippen LogP contribution in [-0.4, -0.2) is 38.2 Å². The monoisotopic (exact) mass is 553 g/mol. The minimum Gasteiger partial charge on any atom is -0.476 e. The van der Waals surface area contributed by atoms with Crippen LogP contribution in [0.4, 0.5) is 0 Å². The number of carboxylic acid groups (broad SMARTS) is 1. The molecule has 0 saturated heterocycles. The molecule has 7 nitrogen and oxygen atoms in total. The van der Waals surface area contributed by atoms with Crippen molar-refractivity contribution in [1.82, 2.24) is 14.9 Å². The third kappa shape index (κ3) is 6.40. The van der Waals surface area contributed by atoms with Gasteiger partial charge in [0, 0.05) is 17.1 Å². The fourth-order valence-corrected chi connectivity index (χ4v) is 5.35. The first-order valence-electron chi connectivity index (χ1n) is 11.6. The van der Waals surface area contributed by atoms with Gasteiger partial charge in [-0.1, -0.05) is 23.7 Å². The Morgan fingerprint density at radius 1 is 1.18 bits per heavy atom. The number of rotatable bonds is 7. The number of imidazole rings is 1. The van der Waals surface area contributed by atoms with Gasteiger partial charge in [-0.25, -0.2) is 9.78 Å². The molecule has 186 valence electrons. The van der Waals surface area contributed by atoms with Crippen molar-refractivity contribution in [2.24, 2.45) is 5.92 Å². The topological polar surface area (TPSA) is 93.5 Å². The van der Waals surface area contributed by atoms with Crippen LogP contribution < -0.4 is 5.32 Å². The summed E-state index contributed by atoms with van der Waals surface area (Å²) >= 11 is 9.58. The maximum absolute atomic E-state index is 12.5. The molecule has 2 N–H and O–H groups in total. The Bertz CT molecular complexity index is 1020. The summed E-state index contributed by atoms with van der Waals surface area (Å²) < 4.78 is 7.96. The van der Waals surface area contributed by atoms with Gasteiger partial charge in [0.05, 0.1) is 17.7 Å². The molecule has 0 amide bonds. The molecule has 1 heterocycles. The third-order valence-corrected chi connectivity index (χ3v) is 6.78. The van der Waals surface area contributed by atoms with E-state index < -0.39 is 17.6 Å². The average molecular weight is 555 g/mol. The second-order valence-electron chi connectivity index (χ2n) is 10.1. The number of carboxylic acids is 1. The van der Waals surface area contributed by atoms with Crippen LogP contribution in [0.15, 0.2) is 29.0 Å². The normalized spacial score (nSPS) is 19.8. The zero-order valence-electron chi connectivity index (χ0n) is 20.3. The lowest BCUT2D eigenvalue weighted by Gasteiger charge is -2.33. The second-order valence-corrected chi connectivity index (χ2v) is 11.3. The molecule has 0 spiro atoms. The van der Waals surface area contributed by atoms with Gasteiger partial charge in [0.15, 0.2) is 10.4 Å². The molecule has 34 heavy (non-hydrogen) atoms. The second kappa shape index (κ2) is 10.8. The largest absolute Gasteiger partial charge is 0.476 e. The van der Waals surface area contributed by atoms with E-state index in [9.17, 15) is 14.7 Å². The smallest absolute Gasteiger partial charge is 0.356 e. The number of hydrogen-bond donors (Lipinski definition) is 2. The number of nitrogens with zero attached hydrogens (tertiary/aromatic N) is 2. The van der Waals surface area contributed by atoms with Crippen molar-refractivity contribution in [3.63, 3.8) is 0 Å². The summed E-state index contributed by atoms with van der Waals surface area (Å²) in [5.41, 5.74) is 0.999. The highest BCUT2D eigenvalue weighted by Crippen LogP contribution is 2.35. The molecular weight excluding hydrogens is 522 g/mol. The molecule has 1 aliphatic carbocycles. The van der Waals surface area contributed by atoms with Crippen LogP contribution in [0.25, 0.3) is 0 Å². The quantitative estimate of drug-likeness (QED) is 0.398. The van der Waals surface area contributed by atoms with Crippen LogP contribution in [-0.2, 0) is 9.53 Å². The van der Waals surface area contributed by atoms with Crippen molar-refractivity contribution >= 4 is 39.5 Å². The molecule has 9 heteroatoms. The van der Waals surface area contributed by atoms with Crippen LogP contribution in [0.1, 0.15) is 94.1 Å². The lowest BCUT2D eigenvalue weighted by molar-refractivity contribution is -0.161. The number of hydrogen-bond acceptors (Lipinski definition) is 5. The number of carbonyl (C=O) groups excluding carboxylic acids is 1. The Labute approximate surface area is 214 Å². The molecule has 1 aliphatic rings. The number of ether oxygens (including phenoxy) is 1. The highest BCUT2D eigenvalue weighted by molar-refractivity contribution is 9.10. The molecule has 1 aromatic heterocycles. The summed E-state index contributed by atoms with van der Waals surface area (Å²) in [5, 5.41) is 14.2. The molecule has 1 fully saturated rings. The number of carbonyl (C=O) groups is 2. The summed E-state index contributed by atoms with van der Waals surface area (Å²) in [6, 6.07) is 7.10. The standard InChI is InChI=1S/C25H33BrClN3O4/c1-14(2)30-21(20(22(31)32)29-24(30)26)19(15-6-10-17(27)11-7-15)28-18-12-8-16(9-13-18)23(33)34-25(3,4)5/h6-7,10-11,14,16,18-19,28H,8-9,12-13H2,1-5H3,(H,31,32). The molecule has 1 unspecified atom stereocenters. The Morgan fingerprint density at radius 3 is 2.26 bits per heavy atom. The maximum atomic E-state index is 12.5. The highest BCUT2D eigenvalue weighted by atomic mass is 79.9. The van der Waals surface area contributed by atoms with Crippen molar-refractivity contribution in [3.8, 4) is 0 Å². The first-order chi connectivity index (χ1) is 15.9. The van der Waals surface area contributed by atoms with E-state index in [1.54, 1.807) is 12.1 Å². The Hall–Kier alpha value is -1.90. The van der Waals surface area contributed by atoms with E-state index >= 15 is 0 Å². The van der Waals surface area contributed by atoms with E-state index in [1.165, 1.54) is 0 Å². The molecule has 0 radical (unpaired) electrons. The fourth-order valence-electron chi connectivity index (χ4n) is 4.45. The van der Waals surface area contributed by atoms with E-state index in [2.05, 4.69) is 26.2 Å². The van der Waals surface area contributed by atoms with Gasteiger partial charge >= 0.3 is 11.9 Å². The number of nitrogens with one attached hydrogen (secondary N) is 1. The molecular formula is C25H33BrClN3O4. The van der Waals surface area contributed by atoms with Crippen LogP contribution in [0.2, 0.25) is 5.02 Å². The maximum Gasteiger partial charge on any atom is 0.356 e. The zero-order valence-corrected chi connectivity index (χ0v) is 22.6. The van der Waals surface area contributed by atoms with Crippen molar-refractivity contribution in [3.05, 3.63) is 51.0 Å². The molecule has 2 aromatic rings. The lowest BCUT2D eigenvalue weighted by atomic mass is 9.85. The van der Waals surface area contributed by atoms with E-state index in [0.717, 1.165) is 31.2 Å². The van der Waals surface area contributed by atoms with Crippen LogP contribution >= 0.6 is 27.5 Å². The van der Waals surface area contributed by atoms with Gasteiger partial charge in [0.2, 0.25) is 0 Å². The Kier molecular flexibility index (Phi) is 8.47. The molecule has 1 atom stereocenters. The molecule has 1 aromatic carbocycles. The predicted octanol–water partition coefficient (Wildman–Crippen LogP) is 6.16. The molecule has 0 aliphatic heterocycles. The Balaban J connectivity index is 1.90. The van der Waals surface area contributed by atoms with Crippen molar-refractivity contribution < 1.29 is 19.4 Å². The van der Waals surface area contributed by atoms with Crippen molar-refractivity contribution in [2.75, 3.05) is 0 Å². The van der Waals surface area contributed by atoms with Crippen LogP contribution in [0, 0.1) is 5.92 Å². The van der Waals surface area contributed by atoms with Crippen molar-refractivity contribution in [2.45, 2.75) is 84.0 Å². The average Bonchev–Trinajstić information content (AvgIpc) is 3.09. The van der Waals surface area contributed by atoms with Gasteiger partial charge in [-0.15, -0.1) is 0 Å². The lowest BCUT2D eigenvalue weighted by Crippen LogP contribution is -2.40. The summed E-state index contributed by atoms with van der Waals surface area (Å²) in [5.74, 6) is -1.34. The van der Waals surface area contributed by atoms with Crippen LogP contribution in [0.3, 0.4) is 0 Å². The number of benzene rings is 1. The molecule has 0 bridgehead atoms. The summed E-state index contributed by atoms with van der Waals surface area (Å²) in [6.07, 6.45) is 3.01. The van der Waals surface area contributed by atoms with E-state index in [1.807, 2.05) is 51.3 Å².